The third kappa shape index (κ3) is 6.17. The summed E-state index contributed by atoms with van der Waals surface area (Å²) in [5.74, 6) is 0.749. The van der Waals surface area contributed by atoms with Gasteiger partial charge in [0.25, 0.3) is 0 Å². The lowest BCUT2D eigenvalue weighted by Gasteiger charge is -2.39. The third-order valence-electron chi connectivity index (χ3n) is 13.1. The van der Waals surface area contributed by atoms with Crippen molar-refractivity contribution < 1.29 is 4.42 Å². The van der Waals surface area contributed by atoms with E-state index >= 15 is 0 Å². The van der Waals surface area contributed by atoms with Gasteiger partial charge in [0.15, 0.2) is 0 Å². The predicted molar refractivity (Wildman–Crippen MR) is 251 cm³/mol. The normalized spacial score (nSPS) is 17.2. The number of allylic oxidation sites excluding steroid dienone is 2. The molecule has 2 heteroatoms. The van der Waals surface area contributed by atoms with Gasteiger partial charge in [-0.25, -0.2) is 0 Å². The second-order valence-corrected chi connectivity index (χ2v) is 16.6. The van der Waals surface area contributed by atoms with Gasteiger partial charge in [-0.2, -0.15) is 0 Å². The quantitative estimate of drug-likeness (QED) is 0.161. The highest BCUT2D eigenvalue weighted by Gasteiger charge is 2.31. The van der Waals surface area contributed by atoms with Crippen LogP contribution in [0.2, 0.25) is 0 Å². The van der Waals surface area contributed by atoms with Crippen LogP contribution in [-0.4, -0.2) is 6.04 Å². The number of anilines is 2. The summed E-state index contributed by atoms with van der Waals surface area (Å²) in [4.78, 5) is 2.64. The van der Waals surface area contributed by atoms with E-state index in [9.17, 15) is 0 Å². The van der Waals surface area contributed by atoms with Gasteiger partial charge in [0.2, 0.25) is 0 Å². The van der Waals surface area contributed by atoms with Gasteiger partial charge < -0.3 is 9.32 Å². The van der Waals surface area contributed by atoms with Crippen molar-refractivity contribution in [2.45, 2.75) is 51.0 Å². The van der Waals surface area contributed by atoms with E-state index in [1.165, 1.54) is 98.4 Å². The van der Waals surface area contributed by atoms with Crippen molar-refractivity contribution in [3.63, 3.8) is 0 Å². The molecule has 0 radical (unpaired) electrons. The first-order chi connectivity index (χ1) is 29.2. The van der Waals surface area contributed by atoms with Crippen LogP contribution in [-0.2, 0) is 0 Å². The largest absolute Gasteiger partial charge is 0.455 e. The number of hydrogen-bond acceptors (Lipinski definition) is 2. The van der Waals surface area contributed by atoms with Crippen LogP contribution in [0.25, 0.3) is 71.3 Å². The molecule has 2 unspecified atom stereocenters. The molecule has 0 aliphatic heterocycles. The van der Waals surface area contributed by atoms with Crippen molar-refractivity contribution in [1.82, 2.24) is 0 Å². The number of para-hydroxylation sites is 4. The Hall–Kier alpha value is -6.64. The fraction of sp³-hybridized carbons (Fsp3) is 0.158. The topological polar surface area (TPSA) is 16.4 Å². The molecule has 9 aromatic rings. The van der Waals surface area contributed by atoms with E-state index in [4.69, 9.17) is 4.42 Å². The maximum absolute atomic E-state index is 6.55. The Balaban J connectivity index is 1.11. The molecular weight excluding hydrogens is 715 g/mol. The zero-order valence-corrected chi connectivity index (χ0v) is 33.5. The number of furan rings is 1. The Labute approximate surface area is 346 Å². The van der Waals surface area contributed by atoms with E-state index in [1.54, 1.807) is 0 Å². The van der Waals surface area contributed by atoms with E-state index in [0.29, 0.717) is 5.92 Å². The van der Waals surface area contributed by atoms with Crippen molar-refractivity contribution in [3.8, 4) is 22.3 Å². The van der Waals surface area contributed by atoms with E-state index in [1.807, 2.05) is 0 Å². The van der Waals surface area contributed by atoms with Gasteiger partial charge in [-0.1, -0.05) is 196 Å². The SMILES string of the molecule is CC1C=C(c2cccc3c2oc2ccccc23)C=CC1N(c1ccccc1-c1cccc2ccccc12)c1ccccc1-c1cccc2cccc(C3CCCCC3)c12. The van der Waals surface area contributed by atoms with Gasteiger partial charge in [0.1, 0.15) is 11.2 Å². The lowest BCUT2D eigenvalue weighted by atomic mass is 9.80. The molecule has 0 spiro atoms. The molecule has 1 aromatic heterocycles. The van der Waals surface area contributed by atoms with Gasteiger partial charge in [-0.3, -0.25) is 0 Å². The number of rotatable bonds is 7. The molecule has 2 aliphatic carbocycles. The van der Waals surface area contributed by atoms with E-state index in [-0.39, 0.29) is 12.0 Å². The van der Waals surface area contributed by atoms with Crippen molar-refractivity contribution in [2.24, 2.45) is 5.92 Å². The van der Waals surface area contributed by atoms with Gasteiger partial charge >= 0.3 is 0 Å². The molecule has 2 nitrogen and oxygen atoms in total. The molecule has 59 heavy (non-hydrogen) atoms. The Morgan fingerprint density at radius 2 is 1.07 bits per heavy atom. The summed E-state index contributed by atoms with van der Waals surface area (Å²) in [5, 5.41) is 7.55. The minimum absolute atomic E-state index is 0.0266. The van der Waals surface area contributed by atoms with E-state index in [2.05, 4.69) is 200 Å². The molecule has 0 N–H and O–H groups in total. The van der Waals surface area contributed by atoms with Crippen LogP contribution in [0, 0.1) is 5.92 Å². The second kappa shape index (κ2) is 14.9. The first-order valence-electron chi connectivity index (χ1n) is 21.5. The van der Waals surface area contributed by atoms with E-state index < -0.39 is 0 Å². The summed E-state index contributed by atoms with van der Waals surface area (Å²) >= 11 is 0. The molecule has 1 fully saturated rings. The van der Waals surface area contributed by atoms with Crippen LogP contribution in [0.15, 0.2) is 193 Å². The highest BCUT2D eigenvalue weighted by atomic mass is 16.3. The Morgan fingerprint density at radius 3 is 1.86 bits per heavy atom. The summed E-state index contributed by atoms with van der Waals surface area (Å²) in [6.45, 7) is 2.38. The lowest BCUT2D eigenvalue weighted by Crippen LogP contribution is -2.36. The zero-order valence-electron chi connectivity index (χ0n) is 33.5. The van der Waals surface area contributed by atoms with Crippen LogP contribution in [0.4, 0.5) is 11.4 Å². The molecule has 0 amide bonds. The number of benzene rings is 8. The molecule has 11 rings (SSSR count). The minimum atomic E-state index is 0.0266. The van der Waals surface area contributed by atoms with Crippen LogP contribution in [0.1, 0.15) is 56.1 Å². The highest BCUT2D eigenvalue weighted by Crippen LogP contribution is 2.48. The van der Waals surface area contributed by atoms with E-state index in [0.717, 1.165) is 27.5 Å². The highest BCUT2D eigenvalue weighted by molar-refractivity contribution is 6.09. The average Bonchev–Trinajstić information content (AvgIpc) is 3.69. The molecule has 0 saturated heterocycles. The monoisotopic (exact) mass is 761 g/mol. The van der Waals surface area contributed by atoms with Crippen molar-refractivity contribution in [3.05, 3.63) is 199 Å². The molecule has 0 bridgehead atoms. The molecule has 2 aliphatic rings. The number of fused-ring (bicyclic) bond motifs is 5. The van der Waals surface area contributed by atoms with Crippen LogP contribution in [0.5, 0.6) is 0 Å². The first kappa shape index (κ1) is 35.5. The van der Waals surface area contributed by atoms with Crippen LogP contribution >= 0.6 is 0 Å². The zero-order chi connectivity index (χ0) is 39.3. The summed E-state index contributed by atoms with van der Waals surface area (Å²) in [6, 6.07) is 62.6. The minimum Gasteiger partial charge on any atom is -0.455 e. The number of hydrogen-bond donors (Lipinski definition) is 0. The lowest BCUT2D eigenvalue weighted by molar-refractivity contribution is 0.445. The van der Waals surface area contributed by atoms with Gasteiger partial charge in [-0.05, 0) is 86.7 Å². The summed E-state index contributed by atoms with van der Waals surface area (Å²) in [5.41, 5.74) is 13.2. The van der Waals surface area contributed by atoms with Gasteiger partial charge in [0, 0.05) is 38.8 Å². The summed E-state index contributed by atoms with van der Waals surface area (Å²) in [7, 11) is 0. The Kier molecular flexibility index (Phi) is 9.00. The third-order valence-corrected chi connectivity index (χ3v) is 13.1. The van der Waals surface area contributed by atoms with Crippen molar-refractivity contribution >= 4 is 60.4 Å². The van der Waals surface area contributed by atoms with Gasteiger partial charge in [-0.15, -0.1) is 0 Å². The van der Waals surface area contributed by atoms with Gasteiger partial charge in [0.05, 0.1) is 6.04 Å². The summed E-state index contributed by atoms with van der Waals surface area (Å²) < 4.78 is 6.55. The Morgan fingerprint density at radius 1 is 0.492 bits per heavy atom. The molecule has 286 valence electrons. The number of nitrogens with zero attached hydrogens (tertiary/aromatic N) is 1. The first-order valence-corrected chi connectivity index (χ1v) is 21.5. The molecule has 1 saturated carbocycles. The van der Waals surface area contributed by atoms with Crippen molar-refractivity contribution in [2.75, 3.05) is 4.90 Å². The molecule has 2 atom stereocenters. The maximum Gasteiger partial charge on any atom is 0.143 e. The summed E-state index contributed by atoms with van der Waals surface area (Å²) in [6.07, 6.45) is 13.7. The molecule has 1 heterocycles. The van der Waals surface area contributed by atoms with Crippen LogP contribution in [0.3, 0.4) is 0 Å². The van der Waals surface area contributed by atoms with Crippen LogP contribution < -0.4 is 4.90 Å². The average molecular weight is 762 g/mol. The molecule has 8 aromatic carbocycles. The fourth-order valence-electron chi connectivity index (χ4n) is 10.4. The predicted octanol–water partition coefficient (Wildman–Crippen LogP) is 16.1. The standard InChI is InChI=1S/C57H47NO/c1-38-37-42(45-28-16-31-51-49-26-9-12-34-55(49)59-57(45)51)35-36-52(38)58(53-32-10-7-24-47(53)46-29-13-20-39-19-5-6-23-43(39)46)54-33-11-8-25-48(54)50-30-15-22-41-21-14-27-44(56(41)50)40-17-3-2-4-18-40/h5-16,19-38,40,52H,2-4,17-18H2,1H3. The molecular formula is C57H47NO. The fourth-order valence-corrected chi connectivity index (χ4v) is 10.4. The Bertz CT molecular complexity index is 3070. The van der Waals surface area contributed by atoms with Crippen molar-refractivity contribution in [1.29, 1.82) is 0 Å². The smallest absolute Gasteiger partial charge is 0.143 e. The maximum atomic E-state index is 6.55. The second-order valence-electron chi connectivity index (χ2n) is 16.6.